The fourth-order valence-corrected chi connectivity index (χ4v) is 2.09. The molecule has 118 valence electrons. The molecule has 0 aliphatic rings. The van der Waals surface area contributed by atoms with Crippen molar-refractivity contribution in [3.63, 3.8) is 0 Å². The van der Waals surface area contributed by atoms with Gasteiger partial charge in [-0.25, -0.2) is 4.79 Å². The van der Waals surface area contributed by atoms with Crippen LogP contribution in [0, 0.1) is 20.2 Å². The molecule has 23 heavy (non-hydrogen) atoms. The molecule has 2 aromatic rings. The van der Waals surface area contributed by atoms with Gasteiger partial charge in [-0.15, -0.1) is 0 Å². The molecule has 0 saturated heterocycles. The number of anilines is 2. The van der Waals surface area contributed by atoms with Crippen molar-refractivity contribution in [1.82, 2.24) is 0 Å². The van der Waals surface area contributed by atoms with Crippen LogP contribution in [0.15, 0.2) is 40.9 Å². The largest absolute Gasteiger partial charge is 0.478 e. The number of benzene rings is 2. The van der Waals surface area contributed by atoms with Crippen LogP contribution in [0.3, 0.4) is 0 Å². The summed E-state index contributed by atoms with van der Waals surface area (Å²) in [6, 6.07) is 7.95. The van der Waals surface area contributed by atoms with E-state index < -0.39 is 32.8 Å². The summed E-state index contributed by atoms with van der Waals surface area (Å²) in [7, 11) is 0. The second kappa shape index (κ2) is 6.40. The van der Waals surface area contributed by atoms with E-state index in [0.29, 0.717) is 5.69 Å². The van der Waals surface area contributed by atoms with Gasteiger partial charge in [-0.3, -0.25) is 20.2 Å². The Morgan fingerprint density at radius 2 is 1.52 bits per heavy atom. The molecule has 0 radical (unpaired) electrons. The Morgan fingerprint density at radius 1 is 1.04 bits per heavy atom. The van der Waals surface area contributed by atoms with Gasteiger partial charge in [-0.05, 0) is 24.3 Å². The molecule has 0 aromatic heterocycles. The molecule has 10 heteroatoms. The van der Waals surface area contributed by atoms with Gasteiger partial charge in [0.1, 0.15) is 0 Å². The fraction of sp³-hybridized carbons (Fsp3) is 0. The summed E-state index contributed by atoms with van der Waals surface area (Å²) in [5.74, 6) is -1.49. The zero-order valence-corrected chi connectivity index (χ0v) is 12.8. The molecule has 0 aliphatic heterocycles. The Hall–Kier alpha value is -3.01. The minimum absolute atomic E-state index is 0.377. The number of halogens is 1. The number of carboxylic acid groups (broad SMARTS) is 1. The van der Waals surface area contributed by atoms with E-state index in [-0.39, 0.29) is 5.69 Å². The molecule has 9 nitrogen and oxygen atoms in total. The third-order valence-corrected chi connectivity index (χ3v) is 3.38. The summed E-state index contributed by atoms with van der Waals surface area (Å²) >= 11 is 3.22. The summed E-state index contributed by atoms with van der Waals surface area (Å²) < 4.78 is 0.758. The molecule has 2 rings (SSSR count). The monoisotopic (exact) mass is 381 g/mol. The van der Waals surface area contributed by atoms with E-state index in [1.807, 2.05) is 0 Å². The smallest absolute Gasteiger partial charge is 0.336 e. The predicted octanol–water partition coefficient (Wildman–Crippen LogP) is 3.71. The Morgan fingerprint density at radius 3 is 1.91 bits per heavy atom. The van der Waals surface area contributed by atoms with Gasteiger partial charge in [0.15, 0.2) is 5.69 Å². The van der Waals surface area contributed by atoms with Gasteiger partial charge in [0, 0.05) is 22.3 Å². The molecule has 2 aromatic carbocycles. The highest BCUT2D eigenvalue weighted by Crippen LogP contribution is 2.38. The molecule has 0 amide bonds. The maximum Gasteiger partial charge on any atom is 0.336 e. The second-order valence-corrected chi connectivity index (χ2v) is 5.26. The molecule has 2 N–H and O–H groups in total. The fourth-order valence-electron chi connectivity index (χ4n) is 1.83. The third kappa shape index (κ3) is 3.61. The maximum atomic E-state index is 11.2. The summed E-state index contributed by atoms with van der Waals surface area (Å²) in [4.78, 5) is 31.6. The third-order valence-electron chi connectivity index (χ3n) is 2.85. The Balaban J connectivity index is 2.63. The normalized spacial score (nSPS) is 10.1. The van der Waals surface area contributed by atoms with Crippen molar-refractivity contribution < 1.29 is 19.7 Å². The lowest BCUT2D eigenvalue weighted by Gasteiger charge is -2.09. The molecule has 0 atom stereocenters. The first kappa shape index (κ1) is 16.4. The molecule has 0 bridgehead atoms. The number of nitro groups is 2. The predicted molar refractivity (Wildman–Crippen MR) is 84.1 cm³/mol. The van der Waals surface area contributed by atoms with Gasteiger partial charge >= 0.3 is 17.3 Å². The van der Waals surface area contributed by atoms with E-state index in [1.54, 1.807) is 24.3 Å². The van der Waals surface area contributed by atoms with Crippen LogP contribution in [-0.2, 0) is 0 Å². The van der Waals surface area contributed by atoms with Crippen molar-refractivity contribution >= 4 is 44.6 Å². The zero-order valence-electron chi connectivity index (χ0n) is 11.2. The minimum atomic E-state index is -1.49. The summed E-state index contributed by atoms with van der Waals surface area (Å²) in [5.41, 5.74) is -1.93. The average Bonchev–Trinajstić information content (AvgIpc) is 2.48. The highest BCUT2D eigenvalue weighted by molar-refractivity contribution is 9.10. The first-order valence-electron chi connectivity index (χ1n) is 6.02. The Kier molecular flexibility index (Phi) is 4.55. The Labute approximate surface area is 137 Å². The number of hydrogen-bond donors (Lipinski definition) is 2. The minimum Gasteiger partial charge on any atom is -0.478 e. The number of nitro benzene ring substituents is 2. The van der Waals surface area contributed by atoms with E-state index in [0.717, 1.165) is 16.6 Å². The van der Waals surface area contributed by atoms with Gasteiger partial charge in [0.25, 0.3) is 0 Å². The first-order chi connectivity index (χ1) is 10.8. The van der Waals surface area contributed by atoms with Crippen molar-refractivity contribution in [1.29, 1.82) is 0 Å². The number of nitrogens with one attached hydrogen (secondary N) is 1. The summed E-state index contributed by atoms with van der Waals surface area (Å²) in [6.07, 6.45) is 0. The number of hydrogen-bond acceptors (Lipinski definition) is 6. The zero-order chi connectivity index (χ0) is 17.1. The van der Waals surface area contributed by atoms with Crippen LogP contribution in [-0.4, -0.2) is 20.9 Å². The van der Waals surface area contributed by atoms with Crippen LogP contribution in [0.25, 0.3) is 0 Å². The first-order valence-corrected chi connectivity index (χ1v) is 6.81. The number of carbonyl (C=O) groups is 1. The van der Waals surface area contributed by atoms with Crippen molar-refractivity contribution in [2.24, 2.45) is 0 Å². The molecular weight excluding hydrogens is 374 g/mol. The van der Waals surface area contributed by atoms with Gasteiger partial charge in [0.2, 0.25) is 0 Å². The van der Waals surface area contributed by atoms with Crippen LogP contribution in [0.2, 0.25) is 0 Å². The molecule has 0 aliphatic carbocycles. The van der Waals surface area contributed by atoms with Crippen LogP contribution in [0.4, 0.5) is 22.7 Å². The number of carboxylic acids is 1. The van der Waals surface area contributed by atoms with Crippen molar-refractivity contribution in [3.8, 4) is 0 Å². The van der Waals surface area contributed by atoms with Crippen molar-refractivity contribution in [2.45, 2.75) is 0 Å². The lowest BCUT2D eigenvalue weighted by Crippen LogP contribution is -2.05. The van der Waals surface area contributed by atoms with E-state index >= 15 is 0 Å². The van der Waals surface area contributed by atoms with Crippen molar-refractivity contribution in [2.75, 3.05) is 5.32 Å². The molecule has 0 heterocycles. The van der Waals surface area contributed by atoms with E-state index in [1.165, 1.54) is 0 Å². The van der Waals surface area contributed by atoms with Crippen LogP contribution >= 0.6 is 15.9 Å². The number of rotatable bonds is 5. The maximum absolute atomic E-state index is 11.2. The van der Waals surface area contributed by atoms with Crippen molar-refractivity contribution in [3.05, 3.63) is 66.7 Å². The molecule has 0 saturated carbocycles. The Bertz CT molecular complexity index is 771. The summed E-state index contributed by atoms with van der Waals surface area (Å²) in [6.45, 7) is 0. The molecular formula is C13H8BrN3O6. The van der Waals surface area contributed by atoms with E-state index in [9.17, 15) is 25.0 Å². The van der Waals surface area contributed by atoms with Crippen LogP contribution in [0.1, 0.15) is 10.4 Å². The lowest BCUT2D eigenvalue weighted by atomic mass is 10.1. The van der Waals surface area contributed by atoms with E-state index in [4.69, 9.17) is 5.11 Å². The number of aromatic carboxylic acids is 1. The van der Waals surface area contributed by atoms with Gasteiger partial charge < -0.3 is 10.4 Å². The van der Waals surface area contributed by atoms with E-state index in [2.05, 4.69) is 21.2 Å². The lowest BCUT2D eigenvalue weighted by molar-refractivity contribution is -0.392. The quantitative estimate of drug-likeness (QED) is 0.594. The van der Waals surface area contributed by atoms with Crippen LogP contribution in [0.5, 0.6) is 0 Å². The van der Waals surface area contributed by atoms with Crippen LogP contribution < -0.4 is 5.32 Å². The average molecular weight is 382 g/mol. The van der Waals surface area contributed by atoms with Gasteiger partial charge in [-0.2, -0.15) is 0 Å². The standard InChI is InChI=1S/C13H8BrN3O6/c14-8-1-3-9(4-2-8)15-12-10(16(20)21)5-7(13(18)19)6-11(12)17(22)23/h1-6,15H,(H,18,19). The highest BCUT2D eigenvalue weighted by atomic mass is 79.9. The van der Waals surface area contributed by atoms with Gasteiger partial charge in [0.05, 0.1) is 15.4 Å². The topological polar surface area (TPSA) is 136 Å². The molecule has 0 unspecified atom stereocenters. The second-order valence-electron chi connectivity index (χ2n) is 4.34. The highest BCUT2D eigenvalue weighted by Gasteiger charge is 2.28. The number of nitrogens with zero attached hydrogens (tertiary/aromatic N) is 2. The SMILES string of the molecule is O=C(O)c1cc([N+](=O)[O-])c(Nc2ccc(Br)cc2)c([N+](=O)[O-])c1. The molecule has 0 spiro atoms. The molecule has 0 fully saturated rings. The van der Waals surface area contributed by atoms with Gasteiger partial charge in [-0.1, -0.05) is 15.9 Å². The summed E-state index contributed by atoms with van der Waals surface area (Å²) in [5, 5.41) is 33.9.